The lowest BCUT2D eigenvalue weighted by Crippen LogP contribution is -2.33. The Morgan fingerprint density at radius 1 is 1.44 bits per heavy atom. The van der Waals surface area contributed by atoms with Crippen molar-refractivity contribution in [3.05, 3.63) is 29.6 Å². The van der Waals surface area contributed by atoms with E-state index < -0.39 is 17.3 Å². The molecule has 2 amide bonds. The average molecular weight is 252 g/mol. The molecule has 0 bridgehead atoms. The molecule has 96 valence electrons. The van der Waals surface area contributed by atoms with Crippen LogP contribution >= 0.6 is 0 Å². The molecule has 0 heterocycles. The Kier molecular flexibility index (Phi) is 3.18. The number of carboxylic acids is 1. The van der Waals surface area contributed by atoms with Gasteiger partial charge in [0.25, 0.3) is 0 Å². The molecule has 1 saturated carbocycles. The average Bonchev–Trinajstić information content (AvgIpc) is 3.14. The lowest BCUT2D eigenvalue weighted by molar-refractivity contribution is 0.0692. The highest BCUT2D eigenvalue weighted by atomic mass is 19.1. The molecule has 1 aromatic carbocycles. The smallest absolute Gasteiger partial charge is 0.338 e. The molecule has 1 aliphatic rings. The monoisotopic (exact) mass is 252 g/mol. The highest BCUT2D eigenvalue weighted by Gasteiger charge is 2.29. The van der Waals surface area contributed by atoms with Crippen molar-refractivity contribution in [1.82, 2.24) is 4.90 Å². The van der Waals surface area contributed by atoms with Crippen molar-refractivity contribution in [2.24, 2.45) is 0 Å². The Morgan fingerprint density at radius 2 is 2.11 bits per heavy atom. The van der Waals surface area contributed by atoms with Crippen LogP contribution in [0.4, 0.5) is 14.9 Å². The summed E-state index contributed by atoms with van der Waals surface area (Å²) in [7, 11) is 1.68. The number of carbonyl (C=O) groups is 2. The first kappa shape index (κ1) is 12.3. The molecule has 0 spiro atoms. The molecule has 0 aromatic heterocycles. The number of halogens is 1. The van der Waals surface area contributed by atoms with Crippen LogP contribution in [-0.4, -0.2) is 35.1 Å². The summed E-state index contributed by atoms with van der Waals surface area (Å²) in [6, 6.07) is 3.40. The van der Waals surface area contributed by atoms with E-state index >= 15 is 0 Å². The van der Waals surface area contributed by atoms with Crippen LogP contribution in [0.5, 0.6) is 0 Å². The Hall–Kier alpha value is -2.11. The molecule has 0 atom stereocenters. The third-order valence-corrected chi connectivity index (χ3v) is 2.86. The Balaban J connectivity index is 2.11. The van der Waals surface area contributed by atoms with Crippen LogP contribution in [0.2, 0.25) is 0 Å². The largest absolute Gasteiger partial charge is 0.478 e. The van der Waals surface area contributed by atoms with Crippen molar-refractivity contribution in [3.8, 4) is 0 Å². The molecule has 0 unspecified atom stereocenters. The van der Waals surface area contributed by atoms with Gasteiger partial charge in [-0.1, -0.05) is 0 Å². The van der Waals surface area contributed by atoms with Gasteiger partial charge in [-0.25, -0.2) is 14.0 Å². The van der Waals surface area contributed by atoms with Gasteiger partial charge in [-0.3, -0.25) is 0 Å². The number of urea groups is 1. The first-order valence-corrected chi connectivity index (χ1v) is 5.55. The molecule has 0 saturated heterocycles. The van der Waals surface area contributed by atoms with E-state index in [1.54, 1.807) is 11.9 Å². The minimum Gasteiger partial charge on any atom is -0.478 e. The summed E-state index contributed by atoms with van der Waals surface area (Å²) < 4.78 is 13.2. The summed E-state index contributed by atoms with van der Waals surface area (Å²) in [6.07, 6.45) is 1.96. The number of hydrogen-bond donors (Lipinski definition) is 2. The van der Waals surface area contributed by atoms with Crippen LogP contribution < -0.4 is 5.32 Å². The van der Waals surface area contributed by atoms with Crippen molar-refractivity contribution < 1.29 is 19.1 Å². The van der Waals surface area contributed by atoms with Crippen molar-refractivity contribution >= 4 is 17.7 Å². The van der Waals surface area contributed by atoms with Gasteiger partial charge >= 0.3 is 12.0 Å². The van der Waals surface area contributed by atoms with Gasteiger partial charge in [0.05, 0.1) is 5.56 Å². The van der Waals surface area contributed by atoms with Gasteiger partial charge < -0.3 is 15.3 Å². The molecule has 2 N–H and O–H groups in total. The number of carbonyl (C=O) groups excluding carboxylic acids is 1. The lowest BCUT2D eigenvalue weighted by atomic mass is 10.2. The van der Waals surface area contributed by atoms with Gasteiger partial charge in [0.2, 0.25) is 0 Å². The fourth-order valence-electron chi connectivity index (χ4n) is 1.61. The Bertz CT molecular complexity index is 500. The number of benzene rings is 1. The van der Waals surface area contributed by atoms with Crippen molar-refractivity contribution in [3.63, 3.8) is 0 Å². The first-order chi connectivity index (χ1) is 8.49. The fourth-order valence-corrected chi connectivity index (χ4v) is 1.61. The third kappa shape index (κ3) is 2.58. The molecular weight excluding hydrogens is 239 g/mol. The third-order valence-electron chi connectivity index (χ3n) is 2.86. The second-order valence-electron chi connectivity index (χ2n) is 4.27. The van der Waals surface area contributed by atoms with E-state index in [0.29, 0.717) is 0 Å². The number of amides is 2. The molecule has 0 aliphatic heterocycles. The van der Waals surface area contributed by atoms with Gasteiger partial charge in [-0.05, 0) is 31.0 Å². The van der Waals surface area contributed by atoms with Gasteiger partial charge in [0, 0.05) is 18.8 Å². The topological polar surface area (TPSA) is 69.6 Å². The fraction of sp³-hybridized carbons (Fsp3) is 0.333. The minimum absolute atomic E-state index is 0.254. The molecule has 2 rings (SSSR count). The highest BCUT2D eigenvalue weighted by Crippen LogP contribution is 2.26. The van der Waals surface area contributed by atoms with E-state index in [0.717, 1.165) is 25.0 Å². The number of nitrogens with one attached hydrogen (secondary N) is 1. The SMILES string of the molecule is CN(C(=O)Nc1ccc(F)c(C(=O)O)c1)C1CC1. The van der Waals surface area contributed by atoms with Crippen molar-refractivity contribution in [2.75, 3.05) is 12.4 Å². The maximum absolute atomic E-state index is 13.2. The van der Waals surface area contributed by atoms with Crippen molar-refractivity contribution in [1.29, 1.82) is 0 Å². The number of hydrogen-bond acceptors (Lipinski definition) is 2. The highest BCUT2D eigenvalue weighted by molar-refractivity contribution is 5.93. The van der Waals surface area contributed by atoms with Gasteiger partial charge in [0.1, 0.15) is 5.82 Å². The van der Waals surface area contributed by atoms with E-state index in [4.69, 9.17) is 5.11 Å². The maximum atomic E-state index is 13.2. The predicted octanol–water partition coefficient (Wildman–Crippen LogP) is 2.15. The summed E-state index contributed by atoms with van der Waals surface area (Å²) in [4.78, 5) is 24.0. The zero-order chi connectivity index (χ0) is 13.3. The molecule has 1 fully saturated rings. The van der Waals surface area contributed by atoms with E-state index in [9.17, 15) is 14.0 Å². The summed E-state index contributed by atoms with van der Waals surface area (Å²) in [6.45, 7) is 0. The minimum atomic E-state index is -1.36. The van der Waals surface area contributed by atoms with Crippen LogP contribution in [0.1, 0.15) is 23.2 Å². The zero-order valence-electron chi connectivity index (χ0n) is 9.81. The normalized spacial score (nSPS) is 14.1. The number of anilines is 1. The van der Waals surface area contributed by atoms with Crippen LogP contribution in [0, 0.1) is 5.82 Å². The van der Waals surface area contributed by atoms with Crippen LogP contribution in [-0.2, 0) is 0 Å². The van der Waals surface area contributed by atoms with E-state index in [1.807, 2.05) is 0 Å². The number of nitrogens with zero attached hydrogens (tertiary/aromatic N) is 1. The summed E-state index contributed by atoms with van der Waals surface area (Å²) in [5.41, 5.74) is -0.187. The molecule has 0 radical (unpaired) electrons. The molecule has 5 nitrogen and oxygen atoms in total. The van der Waals surface area contributed by atoms with E-state index in [-0.39, 0.29) is 17.8 Å². The second kappa shape index (κ2) is 4.64. The Morgan fingerprint density at radius 3 is 2.67 bits per heavy atom. The standard InChI is InChI=1S/C12H13FN2O3/c1-15(8-3-4-8)12(18)14-7-2-5-10(13)9(6-7)11(16)17/h2,5-6,8H,3-4H2,1H3,(H,14,18)(H,16,17). The predicted molar refractivity (Wildman–Crippen MR) is 63.2 cm³/mol. The maximum Gasteiger partial charge on any atom is 0.338 e. The zero-order valence-corrected chi connectivity index (χ0v) is 9.81. The molecule has 1 aromatic rings. The van der Waals surface area contributed by atoms with Crippen molar-refractivity contribution in [2.45, 2.75) is 18.9 Å². The Labute approximate surface area is 103 Å². The lowest BCUT2D eigenvalue weighted by Gasteiger charge is -2.17. The van der Waals surface area contributed by atoms with Crippen LogP contribution in [0.3, 0.4) is 0 Å². The first-order valence-electron chi connectivity index (χ1n) is 5.55. The number of carboxylic acid groups (broad SMARTS) is 1. The molecule has 18 heavy (non-hydrogen) atoms. The van der Waals surface area contributed by atoms with Gasteiger partial charge in [-0.15, -0.1) is 0 Å². The van der Waals surface area contributed by atoms with Gasteiger partial charge in [0.15, 0.2) is 0 Å². The summed E-state index contributed by atoms with van der Waals surface area (Å²) in [5.74, 6) is -2.19. The molecular formula is C12H13FN2O3. The van der Waals surface area contributed by atoms with Crippen LogP contribution in [0.25, 0.3) is 0 Å². The number of aromatic carboxylic acids is 1. The quantitative estimate of drug-likeness (QED) is 0.866. The summed E-state index contributed by atoms with van der Waals surface area (Å²) in [5, 5.41) is 11.3. The second-order valence-corrected chi connectivity index (χ2v) is 4.27. The van der Waals surface area contributed by atoms with Crippen LogP contribution in [0.15, 0.2) is 18.2 Å². The summed E-state index contributed by atoms with van der Waals surface area (Å²) >= 11 is 0. The van der Waals surface area contributed by atoms with E-state index in [2.05, 4.69) is 5.32 Å². The molecule has 1 aliphatic carbocycles. The molecule has 6 heteroatoms. The van der Waals surface area contributed by atoms with E-state index in [1.165, 1.54) is 6.07 Å². The van der Waals surface area contributed by atoms with Gasteiger partial charge in [-0.2, -0.15) is 0 Å². The number of rotatable bonds is 3.